The summed E-state index contributed by atoms with van der Waals surface area (Å²) in [6.45, 7) is 6.59. The van der Waals surface area contributed by atoms with Crippen LogP contribution >= 0.6 is 0 Å². The monoisotopic (exact) mass is 487 g/mol. The number of nitrogens with zero attached hydrogens (tertiary/aromatic N) is 4. The first-order valence-electron chi connectivity index (χ1n) is 12.8. The lowest BCUT2D eigenvalue weighted by molar-refractivity contribution is -0.126. The highest BCUT2D eigenvalue weighted by Crippen LogP contribution is 2.28. The van der Waals surface area contributed by atoms with Crippen LogP contribution in [0.25, 0.3) is 0 Å². The van der Waals surface area contributed by atoms with Gasteiger partial charge in [0.1, 0.15) is 6.10 Å². The Kier molecular flexibility index (Phi) is 7.13. The van der Waals surface area contributed by atoms with Crippen LogP contribution in [0.3, 0.4) is 0 Å². The Morgan fingerprint density at radius 2 is 1.72 bits per heavy atom. The smallest absolute Gasteiger partial charge is 0.276 e. The first-order chi connectivity index (χ1) is 17.5. The van der Waals surface area contributed by atoms with Crippen molar-refractivity contribution in [3.05, 3.63) is 82.2 Å². The Morgan fingerprint density at radius 1 is 1.03 bits per heavy atom. The second kappa shape index (κ2) is 10.6. The number of hydrogen-bond acceptors (Lipinski definition) is 5. The molecule has 2 aliphatic rings. The number of fused-ring (bicyclic) bond motifs is 1. The minimum Gasteiger partial charge on any atom is -0.365 e. The largest absolute Gasteiger partial charge is 0.365 e. The lowest BCUT2D eigenvalue weighted by Gasteiger charge is -2.31. The van der Waals surface area contributed by atoms with Crippen molar-refractivity contribution in [1.82, 2.24) is 25.2 Å². The zero-order chi connectivity index (χ0) is 25.1. The number of ether oxygens (including phenoxy) is 1. The number of aromatic nitrogens is 3. The van der Waals surface area contributed by atoms with Crippen LogP contribution < -0.4 is 5.32 Å². The molecule has 36 heavy (non-hydrogen) atoms. The Balaban J connectivity index is 1.14. The lowest BCUT2D eigenvalue weighted by atomic mass is 9.95. The zero-order valence-corrected chi connectivity index (χ0v) is 20.9. The maximum atomic E-state index is 13.2. The van der Waals surface area contributed by atoms with E-state index >= 15 is 0 Å². The third kappa shape index (κ3) is 5.18. The van der Waals surface area contributed by atoms with Crippen molar-refractivity contribution < 1.29 is 14.3 Å². The van der Waals surface area contributed by atoms with Crippen LogP contribution in [0.15, 0.2) is 48.5 Å². The van der Waals surface area contributed by atoms with Crippen LogP contribution in [0.1, 0.15) is 64.3 Å². The standard InChI is InChI=1S/C28H33N5O3/c1-3-20-6-8-21(9-7-20)16-29-27(34)23-12-14-32(15-13-23)28(35)26-24-18-36-25(17-33(24)31-30-26)22-10-4-19(2)5-11-22/h4-11,23,25H,3,12-18H2,1-2H3,(H,29,34)/t25-/m0/s1. The molecule has 0 saturated carbocycles. The van der Waals surface area contributed by atoms with Gasteiger partial charge in [0.05, 0.1) is 18.8 Å². The van der Waals surface area contributed by atoms with E-state index in [-0.39, 0.29) is 23.8 Å². The molecule has 8 heteroatoms. The Labute approximate surface area is 211 Å². The minimum atomic E-state index is -0.136. The van der Waals surface area contributed by atoms with Gasteiger partial charge in [-0.2, -0.15) is 0 Å². The van der Waals surface area contributed by atoms with Gasteiger partial charge in [0.15, 0.2) is 5.69 Å². The van der Waals surface area contributed by atoms with E-state index in [0.29, 0.717) is 51.3 Å². The van der Waals surface area contributed by atoms with Crippen molar-refractivity contribution in [2.24, 2.45) is 5.92 Å². The summed E-state index contributed by atoms with van der Waals surface area (Å²) in [5.41, 5.74) is 5.75. The number of benzene rings is 2. The van der Waals surface area contributed by atoms with E-state index in [4.69, 9.17) is 4.74 Å². The van der Waals surface area contributed by atoms with Gasteiger partial charge >= 0.3 is 0 Å². The number of carbonyl (C=O) groups excluding carboxylic acids is 2. The minimum absolute atomic E-state index is 0.0539. The first kappa shape index (κ1) is 24.2. The highest BCUT2D eigenvalue weighted by molar-refractivity contribution is 5.93. The van der Waals surface area contributed by atoms with Gasteiger partial charge in [0.25, 0.3) is 5.91 Å². The van der Waals surface area contributed by atoms with Crippen molar-refractivity contribution >= 4 is 11.8 Å². The van der Waals surface area contributed by atoms with Crippen LogP contribution in [0, 0.1) is 12.8 Å². The van der Waals surface area contributed by atoms with Crippen LogP contribution in [0.2, 0.25) is 0 Å². The molecule has 1 fully saturated rings. The molecule has 2 aromatic carbocycles. The number of piperidine rings is 1. The summed E-state index contributed by atoms with van der Waals surface area (Å²) < 4.78 is 7.85. The predicted molar refractivity (Wildman–Crippen MR) is 135 cm³/mol. The van der Waals surface area contributed by atoms with Crippen molar-refractivity contribution in [2.45, 2.75) is 58.9 Å². The highest BCUT2D eigenvalue weighted by atomic mass is 16.5. The SMILES string of the molecule is CCc1ccc(CNC(=O)C2CCN(C(=O)c3nnn4c3CO[C@H](c3ccc(C)cc3)C4)CC2)cc1. The van der Waals surface area contributed by atoms with E-state index in [1.165, 1.54) is 11.1 Å². The van der Waals surface area contributed by atoms with Crippen LogP contribution in [-0.4, -0.2) is 44.8 Å². The number of likely N-dealkylation sites (tertiary alicyclic amines) is 1. The fourth-order valence-corrected chi connectivity index (χ4v) is 4.88. The quantitative estimate of drug-likeness (QED) is 0.574. The Bertz CT molecular complexity index is 1210. The second-order valence-corrected chi connectivity index (χ2v) is 9.73. The van der Waals surface area contributed by atoms with Gasteiger partial charge < -0.3 is 15.0 Å². The fraction of sp³-hybridized carbons (Fsp3) is 0.429. The van der Waals surface area contributed by atoms with Crippen LogP contribution in [0.5, 0.6) is 0 Å². The molecule has 3 heterocycles. The Hall–Kier alpha value is -3.52. The molecule has 5 rings (SSSR count). The maximum absolute atomic E-state index is 13.2. The normalized spacial score (nSPS) is 18.1. The van der Waals surface area contributed by atoms with E-state index in [1.807, 2.05) is 0 Å². The zero-order valence-electron chi connectivity index (χ0n) is 20.9. The number of aryl methyl sites for hydroxylation is 2. The maximum Gasteiger partial charge on any atom is 0.276 e. The third-order valence-corrected chi connectivity index (χ3v) is 7.30. The van der Waals surface area contributed by atoms with Gasteiger partial charge in [0.2, 0.25) is 5.91 Å². The van der Waals surface area contributed by atoms with E-state index in [9.17, 15) is 9.59 Å². The summed E-state index contributed by atoms with van der Waals surface area (Å²) >= 11 is 0. The third-order valence-electron chi connectivity index (χ3n) is 7.30. The summed E-state index contributed by atoms with van der Waals surface area (Å²) in [6, 6.07) is 16.6. The average Bonchev–Trinajstić information content (AvgIpc) is 3.35. The molecule has 1 atom stereocenters. The fourth-order valence-electron chi connectivity index (χ4n) is 4.88. The summed E-state index contributed by atoms with van der Waals surface area (Å²) in [6.07, 6.45) is 2.17. The molecule has 0 radical (unpaired) electrons. The molecule has 188 valence electrons. The molecule has 3 aromatic rings. The van der Waals surface area contributed by atoms with Crippen molar-refractivity contribution in [3.8, 4) is 0 Å². The molecule has 0 aliphatic carbocycles. The van der Waals surface area contributed by atoms with Gasteiger partial charge in [0, 0.05) is 25.6 Å². The van der Waals surface area contributed by atoms with Gasteiger partial charge in [-0.3, -0.25) is 9.59 Å². The number of amides is 2. The first-order valence-corrected chi connectivity index (χ1v) is 12.8. The van der Waals surface area contributed by atoms with Gasteiger partial charge in [-0.25, -0.2) is 4.68 Å². The molecule has 0 bridgehead atoms. The molecule has 1 aromatic heterocycles. The van der Waals surface area contributed by atoms with Crippen molar-refractivity contribution in [2.75, 3.05) is 13.1 Å². The number of nitrogens with one attached hydrogen (secondary N) is 1. The number of carbonyl (C=O) groups is 2. The summed E-state index contributed by atoms with van der Waals surface area (Å²) in [5, 5.41) is 11.5. The highest BCUT2D eigenvalue weighted by Gasteiger charge is 2.33. The van der Waals surface area contributed by atoms with Crippen LogP contribution in [-0.2, 0) is 35.6 Å². The van der Waals surface area contributed by atoms with Gasteiger partial charge in [-0.15, -0.1) is 5.10 Å². The van der Waals surface area contributed by atoms with E-state index in [0.717, 1.165) is 23.2 Å². The summed E-state index contributed by atoms with van der Waals surface area (Å²) in [7, 11) is 0. The van der Waals surface area contributed by atoms with Crippen LogP contribution in [0.4, 0.5) is 0 Å². The molecule has 1 saturated heterocycles. The summed E-state index contributed by atoms with van der Waals surface area (Å²) in [5.74, 6) is -0.168. The summed E-state index contributed by atoms with van der Waals surface area (Å²) in [4.78, 5) is 27.7. The average molecular weight is 488 g/mol. The molecule has 8 nitrogen and oxygen atoms in total. The molecular formula is C28H33N5O3. The van der Waals surface area contributed by atoms with Gasteiger partial charge in [-0.05, 0) is 42.9 Å². The second-order valence-electron chi connectivity index (χ2n) is 9.73. The van der Waals surface area contributed by atoms with Crippen molar-refractivity contribution in [3.63, 3.8) is 0 Å². The van der Waals surface area contributed by atoms with Crippen molar-refractivity contribution in [1.29, 1.82) is 0 Å². The molecule has 2 aliphatic heterocycles. The van der Waals surface area contributed by atoms with E-state index < -0.39 is 0 Å². The molecule has 0 unspecified atom stereocenters. The lowest BCUT2D eigenvalue weighted by Crippen LogP contribution is -2.43. The Morgan fingerprint density at radius 3 is 2.42 bits per heavy atom. The molecule has 0 spiro atoms. The predicted octanol–water partition coefficient (Wildman–Crippen LogP) is 3.59. The number of rotatable bonds is 6. The van der Waals surface area contributed by atoms with E-state index in [1.54, 1.807) is 9.58 Å². The van der Waals surface area contributed by atoms with Gasteiger partial charge in [-0.1, -0.05) is 66.2 Å². The molecule has 2 amide bonds. The topological polar surface area (TPSA) is 89.4 Å². The molecular weight excluding hydrogens is 454 g/mol. The molecule has 1 N–H and O–H groups in total. The van der Waals surface area contributed by atoms with E-state index in [2.05, 4.69) is 78.0 Å². The number of hydrogen-bond donors (Lipinski definition) is 1.